The Kier molecular flexibility index (Phi) is 7.54. The van der Waals surface area contributed by atoms with E-state index in [0.717, 1.165) is 5.56 Å². The Bertz CT molecular complexity index is 234. The van der Waals surface area contributed by atoms with E-state index in [1.807, 2.05) is 30.3 Å². The van der Waals surface area contributed by atoms with Gasteiger partial charge in [0.05, 0.1) is 5.33 Å². The molecule has 0 unspecified atom stereocenters. The van der Waals surface area contributed by atoms with Gasteiger partial charge in [0, 0.05) is 19.8 Å². The normalized spacial score (nSPS) is 8.54. The van der Waals surface area contributed by atoms with Crippen LogP contribution in [0.1, 0.15) is 10.4 Å². The number of carbonyl (C=O) groups is 1. The molecule has 0 heterocycles. The second kappa shape index (κ2) is 7.95. The van der Waals surface area contributed by atoms with Crippen molar-refractivity contribution in [2.24, 2.45) is 0 Å². The summed E-state index contributed by atoms with van der Waals surface area (Å²) in [6, 6.07) is 9.23. The van der Waals surface area contributed by atoms with Crippen LogP contribution >= 0.6 is 15.9 Å². The monoisotopic (exact) mass is 244 g/mol. The van der Waals surface area contributed by atoms with E-state index in [1.54, 1.807) is 14.2 Å². The zero-order chi connectivity index (χ0) is 10.1. The highest BCUT2D eigenvalue weighted by Crippen LogP contribution is 2.01. The van der Waals surface area contributed by atoms with Crippen molar-refractivity contribution < 1.29 is 9.53 Å². The van der Waals surface area contributed by atoms with E-state index in [4.69, 9.17) is 0 Å². The van der Waals surface area contributed by atoms with Gasteiger partial charge in [-0.15, -0.1) is 0 Å². The number of halogens is 1. The van der Waals surface area contributed by atoms with Crippen LogP contribution in [-0.4, -0.2) is 25.3 Å². The summed E-state index contributed by atoms with van der Waals surface area (Å²) in [5.74, 6) is 0.126. The summed E-state index contributed by atoms with van der Waals surface area (Å²) in [5.41, 5.74) is 0.763. The first-order valence-electron chi connectivity index (χ1n) is 3.80. The van der Waals surface area contributed by atoms with Crippen molar-refractivity contribution in [2.45, 2.75) is 0 Å². The lowest BCUT2D eigenvalue weighted by molar-refractivity contribution is 0.102. The predicted molar refractivity (Wildman–Crippen MR) is 57.5 cm³/mol. The van der Waals surface area contributed by atoms with Gasteiger partial charge >= 0.3 is 0 Å². The average molecular weight is 245 g/mol. The van der Waals surface area contributed by atoms with Crippen LogP contribution in [0.15, 0.2) is 30.3 Å². The molecule has 0 aromatic heterocycles. The Morgan fingerprint density at radius 1 is 1.31 bits per heavy atom. The largest absolute Gasteiger partial charge is 0.388 e. The van der Waals surface area contributed by atoms with Gasteiger partial charge < -0.3 is 4.74 Å². The van der Waals surface area contributed by atoms with Crippen molar-refractivity contribution in [3.63, 3.8) is 0 Å². The molecule has 2 nitrogen and oxygen atoms in total. The maximum absolute atomic E-state index is 11.0. The second-order valence-corrected chi connectivity index (χ2v) is 2.89. The molecule has 1 rings (SSSR count). The van der Waals surface area contributed by atoms with Gasteiger partial charge in [-0.05, 0) is 0 Å². The van der Waals surface area contributed by atoms with Gasteiger partial charge in [-0.3, -0.25) is 4.79 Å². The van der Waals surface area contributed by atoms with Crippen LogP contribution in [0.2, 0.25) is 0 Å². The van der Waals surface area contributed by atoms with Crippen molar-refractivity contribution in [3.05, 3.63) is 35.9 Å². The van der Waals surface area contributed by atoms with E-state index in [0.29, 0.717) is 5.33 Å². The van der Waals surface area contributed by atoms with Crippen LogP contribution in [0.3, 0.4) is 0 Å². The van der Waals surface area contributed by atoms with Crippen LogP contribution in [0.4, 0.5) is 0 Å². The molecule has 0 aliphatic carbocycles. The zero-order valence-electron chi connectivity index (χ0n) is 7.79. The number of ketones is 1. The molecular weight excluding hydrogens is 232 g/mol. The van der Waals surface area contributed by atoms with Gasteiger partial charge in [0.2, 0.25) is 0 Å². The van der Waals surface area contributed by atoms with Gasteiger partial charge in [0.15, 0.2) is 5.78 Å². The van der Waals surface area contributed by atoms with E-state index >= 15 is 0 Å². The van der Waals surface area contributed by atoms with Crippen molar-refractivity contribution in [2.75, 3.05) is 19.5 Å². The highest BCUT2D eigenvalue weighted by Gasteiger charge is 1.99. The fourth-order valence-electron chi connectivity index (χ4n) is 0.701. The summed E-state index contributed by atoms with van der Waals surface area (Å²) >= 11 is 3.10. The van der Waals surface area contributed by atoms with Crippen LogP contribution in [0, 0.1) is 0 Å². The number of benzene rings is 1. The smallest absolute Gasteiger partial charge is 0.173 e. The molecule has 0 amide bonds. The number of hydrogen-bond acceptors (Lipinski definition) is 2. The lowest BCUT2D eigenvalue weighted by Gasteiger charge is -1.92. The average Bonchev–Trinajstić information content (AvgIpc) is 2.19. The first-order valence-corrected chi connectivity index (χ1v) is 4.92. The third kappa shape index (κ3) is 5.55. The molecule has 1 aromatic carbocycles. The fraction of sp³-hybridized carbons (Fsp3) is 0.300. The Balaban J connectivity index is 0.000000424. The molecule has 0 fully saturated rings. The van der Waals surface area contributed by atoms with E-state index in [-0.39, 0.29) is 5.78 Å². The molecular formula is C10H13BrO2. The molecule has 0 aliphatic rings. The number of methoxy groups -OCH3 is 1. The molecule has 72 valence electrons. The third-order valence-electron chi connectivity index (χ3n) is 1.22. The lowest BCUT2D eigenvalue weighted by atomic mass is 10.2. The molecule has 1 aromatic rings. The van der Waals surface area contributed by atoms with E-state index in [1.165, 1.54) is 0 Å². The molecule has 3 heteroatoms. The minimum atomic E-state index is 0.126. The number of Topliss-reactive ketones (excluding diaryl/α,β-unsaturated/α-hetero) is 1. The highest BCUT2D eigenvalue weighted by atomic mass is 79.9. The molecule has 0 bridgehead atoms. The Labute approximate surface area is 87.0 Å². The van der Waals surface area contributed by atoms with Crippen LogP contribution in [-0.2, 0) is 4.74 Å². The molecule has 13 heavy (non-hydrogen) atoms. The summed E-state index contributed by atoms with van der Waals surface area (Å²) in [5, 5.41) is 0.400. The summed E-state index contributed by atoms with van der Waals surface area (Å²) in [4.78, 5) is 11.0. The molecule has 0 atom stereocenters. The maximum Gasteiger partial charge on any atom is 0.173 e. The Morgan fingerprint density at radius 2 is 1.77 bits per heavy atom. The number of hydrogen-bond donors (Lipinski definition) is 0. The van der Waals surface area contributed by atoms with Crippen molar-refractivity contribution in [1.82, 2.24) is 0 Å². The summed E-state index contributed by atoms with van der Waals surface area (Å²) in [6.07, 6.45) is 0. The minimum absolute atomic E-state index is 0.126. The van der Waals surface area contributed by atoms with Crippen LogP contribution in [0.25, 0.3) is 0 Å². The maximum atomic E-state index is 11.0. The standard InChI is InChI=1S/C8H7BrO.C2H6O/c9-6-8(10)7-4-2-1-3-5-7;1-3-2/h1-5H,6H2;1-2H3. The second-order valence-electron chi connectivity index (χ2n) is 2.33. The predicted octanol–water partition coefficient (Wildman–Crippen LogP) is 2.53. The van der Waals surface area contributed by atoms with Crippen molar-refractivity contribution >= 4 is 21.7 Å². The van der Waals surface area contributed by atoms with Crippen LogP contribution in [0.5, 0.6) is 0 Å². The molecule has 0 spiro atoms. The molecule has 0 radical (unpaired) electrons. The molecule has 0 saturated carbocycles. The topological polar surface area (TPSA) is 26.3 Å². The van der Waals surface area contributed by atoms with Crippen LogP contribution < -0.4 is 0 Å². The lowest BCUT2D eigenvalue weighted by Crippen LogP contribution is -1.98. The number of ether oxygens (including phenoxy) is 1. The number of rotatable bonds is 2. The summed E-state index contributed by atoms with van der Waals surface area (Å²) in [6.45, 7) is 0. The Hall–Kier alpha value is -0.670. The SMILES string of the molecule is COC.O=C(CBr)c1ccccc1. The van der Waals surface area contributed by atoms with Gasteiger partial charge in [-0.2, -0.15) is 0 Å². The molecule has 0 aliphatic heterocycles. The number of alkyl halides is 1. The van der Waals surface area contributed by atoms with Gasteiger partial charge in [-0.25, -0.2) is 0 Å². The first-order chi connectivity index (χ1) is 6.26. The first kappa shape index (κ1) is 12.3. The molecule has 0 saturated heterocycles. The summed E-state index contributed by atoms with van der Waals surface area (Å²) < 4.78 is 4.25. The van der Waals surface area contributed by atoms with Crippen molar-refractivity contribution in [3.8, 4) is 0 Å². The third-order valence-corrected chi connectivity index (χ3v) is 1.73. The summed E-state index contributed by atoms with van der Waals surface area (Å²) in [7, 11) is 3.25. The quantitative estimate of drug-likeness (QED) is 0.591. The fourth-order valence-corrected chi connectivity index (χ4v) is 1.02. The highest BCUT2D eigenvalue weighted by molar-refractivity contribution is 9.09. The Morgan fingerprint density at radius 3 is 2.15 bits per heavy atom. The van der Waals surface area contributed by atoms with E-state index in [2.05, 4.69) is 20.7 Å². The molecule has 0 N–H and O–H groups in total. The van der Waals surface area contributed by atoms with E-state index < -0.39 is 0 Å². The number of carbonyl (C=O) groups excluding carboxylic acids is 1. The zero-order valence-corrected chi connectivity index (χ0v) is 9.37. The van der Waals surface area contributed by atoms with Gasteiger partial charge in [-0.1, -0.05) is 46.3 Å². The minimum Gasteiger partial charge on any atom is -0.388 e. The van der Waals surface area contributed by atoms with E-state index in [9.17, 15) is 4.79 Å². The van der Waals surface area contributed by atoms with Gasteiger partial charge in [0.1, 0.15) is 0 Å². The van der Waals surface area contributed by atoms with Crippen molar-refractivity contribution in [1.29, 1.82) is 0 Å². The van der Waals surface area contributed by atoms with Gasteiger partial charge in [0.25, 0.3) is 0 Å².